The Morgan fingerprint density at radius 1 is 1.11 bits per heavy atom. The molecule has 0 atom stereocenters. The van der Waals surface area contributed by atoms with Crippen LogP contribution in [0.4, 0.5) is 0 Å². The lowest BCUT2D eigenvalue weighted by atomic mass is 10.2. The second-order valence-corrected chi connectivity index (χ2v) is 7.77. The minimum atomic E-state index is -0.463. The third-order valence-corrected chi connectivity index (χ3v) is 4.96. The molecule has 0 aliphatic carbocycles. The molecule has 7 nitrogen and oxygen atoms in total. The number of hydrogen-bond acceptors (Lipinski definition) is 5. The van der Waals surface area contributed by atoms with Crippen LogP contribution in [0.25, 0.3) is 0 Å². The first-order chi connectivity index (χ1) is 13.3. The lowest BCUT2D eigenvalue weighted by Gasteiger charge is -2.13. The van der Waals surface area contributed by atoms with Crippen LogP contribution in [0.15, 0.2) is 40.9 Å². The largest absolute Gasteiger partial charge is 0.496 e. The Morgan fingerprint density at radius 3 is 2.46 bits per heavy atom. The van der Waals surface area contributed by atoms with Gasteiger partial charge in [0.25, 0.3) is 11.8 Å². The quantitative estimate of drug-likeness (QED) is 0.287. The molecule has 2 aromatic carbocycles. The molecule has 0 unspecified atom stereocenters. The topological polar surface area (TPSA) is 88.7 Å². The fourth-order valence-electron chi connectivity index (χ4n) is 2.16. The molecule has 148 valence electrons. The first-order valence-electron chi connectivity index (χ1n) is 8.03. The summed E-state index contributed by atoms with van der Waals surface area (Å²) in [6.45, 7) is 2.24. The van der Waals surface area contributed by atoms with Gasteiger partial charge in [-0.15, -0.1) is 0 Å². The molecule has 2 rings (SSSR count). The summed E-state index contributed by atoms with van der Waals surface area (Å²) >= 11 is 10.5. The number of nitrogens with one attached hydrogen (secondary N) is 3. The zero-order valence-electron chi connectivity index (χ0n) is 15.0. The summed E-state index contributed by atoms with van der Waals surface area (Å²) in [5.74, 6) is 0.236. The van der Waals surface area contributed by atoms with Crippen LogP contribution < -0.4 is 25.6 Å². The van der Waals surface area contributed by atoms with E-state index in [0.29, 0.717) is 29.2 Å². The Balaban J connectivity index is 1.97. The van der Waals surface area contributed by atoms with Crippen LogP contribution in [0.5, 0.6) is 11.5 Å². The SMILES string of the molecule is CCOc1ccc(Br)cc1C(=O)NC(=S)NNC(=O)c1ccc(OC)c(I)c1. The van der Waals surface area contributed by atoms with E-state index in [0.717, 1.165) is 8.04 Å². The normalized spacial score (nSPS) is 10.0. The number of hydrogen-bond donors (Lipinski definition) is 3. The third-order valence-electron chi connectivity index (χ3n) is 3.42. The zero-order valence-corrected chi connectivity index (χ0v) is 19.5. The predicted octanol–water partition coefficient (Wildman–Crippen LogP) is 3.41. The Labute approximate surface area is 189 Å². The first-order valence-corrected chi connectivity index (χ1v) is 10.3. The van der Waals surface area contributed by atoms with Crippen LogP contribution >= 0.6 is 50.7 Å². The molecule has 10 heteroatoms. The van der Waals surface area contributed by atoms with Crippen molar-refractivity contribution >= 4 is 67.7 Å². The fraction of sp³-hybridized carbons (Fsp3) is 0.167. The molecular formula is C18H17BrIN3O4S. The molecule has 0 bridgehead atoms. The lowest BCUT2D eigenvalue weighted by Crippen LogP contribution is -2.48. The van der Waals surface area contributed by atoms with E-state index in [1.165, 1.54) is 0 Å². The van der Waals surface area contributed by atoms with E-state index in [1.54, 1.807) is 43.5 Å². The molecule has 3 N–H and O–H groups in total. The molecule has 0 aliphatic heterocycles. The number of halogens is 2. The van der Waals surface area contributed by atoms with Crippen molar-refractivity contribution in [2.45, 2.75) is 6.92 Å². The number of carbonyl (C=O) groups is 2. The number of methoxy groups -OCH3 is 1. The van der Waals surface area contributed by atoms with Gasteiger partial charge in [-0.25, -0.2) is 0 Å². The van der Waals surface area contributed by atoms with Gasteiger partial charge in [-0.05, 0) is 78.1 Å². The highest BCUT2D eigenvalue weighted by Crippen LogP contribution is 2.23. The first kappa shape index (κ1) is 22.4. The minimum Gasteiger partial charge on any atom is -0.496 e. The maximum atomic E-state index is 12.5. The molecule has 0 radical (unpaired) electrons. The van der Waals surface area contributed by atoms with E-state index in [4.69, 9.17) is 21.7 Å². The van der Waals surface area contributed by atoms with Crippen LogP contribution in [0.3, 0.4) is 0 Å². The third kappa shape index (κ3) is 6.04. The summed E-state index contributed by atoms with van der Waals surface area (Å²) in [5.41, 5.74) is 5.68. The summed E-state index contributed by atoms with van der Waals surface area (Å²) in [4.78, 5) is 24.7. The van der Waals surface area contributed by atoms with Crippen molar-refractivity contribution in [1.29, 1.82) is 0 Å². The molecule has 0 saturated carbocycles. The van der Waals surface area contributed by atoms with Crippen molar-refractivity contribution < 1.29 is 19.1 Å². The zero-order chi connectivity index (χ0) is 20.7. The summed E-state index contributed by atoms with van der Waals surface area (Å²) in [5, 5.41) is 2.45. The maximum absolute atomic E-state index is 12.5. The number of carbonyl (C=O) groups excluding carboxylic acids is 2. The molecule has 0 saturated heterocycles. The van der Waals surface area contributed by atoms with Gasteiger partial charge in [-0.3, -0.25) is 25.8 Å². The molecule has 0 fully saturated rings. The van der Waals surface area contributed by atoms with Gasteiger partial charge in [0.15, 0.2) is 5.11 Å². The second-order valence-electron chi connectivity index (χ2n) is 5.29. The summed E-state index contributed by atoms with van der Waals surface area (Å²) in [7, 11) is 1.56. The maximum Gasteiger partial charge on any atom is 0.269 e. The average Bonchev–Trinajstić information content (AvgIpc) is 2.67. The Bertz CT molecular complexity index is 910. The summed E-state index contributed by atoms with van der Waals surface area (Å²) in [6.07, 6.45) is 0. The van der Waals surface area contributed by atoms with Crippen molar-refractivity contribution in [2.24, 2.45) is 0 Å². The van der Waals surface area contributed by atoms with E-state index in [9.17, 15) is 9.59 Å². The standard InChI is InChI=1S/C18H17BrIN3O4S/c1-3-27-14-7-5-11(19)9-12(14)17(25)21-18(28)23-22-16(24)10-4-6-15(26-2)13(20)8-10/h4-9H,3H2,1-2H3,(H,22,24)(H2,21,23,25,28). The van der Waals surface area contributed by atoms with Crippen molar-refractivity contribution in [1.82, 2.24) is 16.2 Å². The highest BCUT2D eigenvalue weighted by atomic mass is 127. The van der Waals surface area contributed by atoms with Crippen LogP contribution in [0.1, 0.15) is 27.6 Å². The molecular weight excluding hydrogens is 561 g/mol. The van der Waals surface area contributed by atoms with E-state index in [2.05, 4.69) is 54.7 Å². The number of ether oxygens (including phenoxy) is 2. The Hall–Kier alpha value is -1.92. The summed E-state index contributed by atoms with van der Waals surface area (Å²) < 4.78 is 12.1. The van der Waals surface area contributed by atoms with Crippen molar-refractivity contribution in [3.63, 3.8) is 0 Å². The molecule has 0 aliphatic rings. The van der Waals surface area contributed by atoms with Crippen molar-refractivity contribution in [3.8, 4) is 11.5 Å². The van der Waals surface area contributed by atoms with Gasteiger partial charge < -0.3 is 9.47 Å². The number of rotatable bonds is 5. The molecule has 2 aromatic rings. The van der Waals surface area contributed by atoms with Gasteiger partial charge in [-0.2, -0.15) is 0 Å². The van der Waals surface area contributed by atoms with Gasteiger partial charge in [0, 0.05) is 10.0 Å². The monoisotopic (exact) mass is 577 g/mol. The predicted molar refractivity (Wildman–Crippen MR) is 122 cm³/mol. The van der Waals surface area contributed by atoms with E-state index < -0.39 is 11.8 Å². The summed E-state index contributed by atoms with van der Waals surface area (Å²) in [6, 6.07) is 10.1. The number of amides is 2. The van der Waals surface area contributed by atoms with E-state index in [-0.39, 0.29) is 5.11 Å². The van der Waals surface area contributed by atoms with Crippen molar-refractivity contribution in [3.05, 3.63) is 55.6 Å². The Morgan fingerprint density at radius 2 is 1.82 bits per heavy atom. The molecule has 28 heavy (non-hydrogen) atoms. The van der Waals surface area contributed by atoms with Gasteiger partial charge >= 0.3 is 0 Å². The fourth-order valence-corrected chi connectivity index (χ4v) is 3.40. The van der Waals surface area contributed by atoms with Gasteiger partial charge in [0.2, 0.25) is 0 Å². The highest BCUT2D eigenvalue weighted by Gasteiger charge is 2.15. The number of benzene rings is 2. The van der Waals surface area contributed by atoms with E-state index >= 15 is 0 Å². The van der Waals surface area contributed by atoms with Crippen LogP contribution in [0.2, 0.25) is 0 Å². The van der Waals surface area contributed by atoms with Gasteiger partial charge in [0.1, 0.15) is 11.5 Å². The van der Waals surface area contributed by atoms with Gasteiger partial charge in [-0.1, -0.05) is 15.9 Å². The smallest absolute Gasteiger partial charge is 0.269 e. The van der Waals surface area contributed by atoms with Crippen LogP contribution in [-0.4, -0.2) is 30.6 Å². The second kappa shape index (κ2) is 10.6. The highest BCUT2D eigenvalue weighted by molar-refractivity contribution is 14.1. The van der Waals surface area contributed by atoms with Crippen molar-refractivity contribution in [2.75, 3.05) is 13.7 Å². The van der Waals surface area contributed by atoms with E-state index in [1.807, 2.05) is 6.92 Å². The number of hydrazine groups is 1. The van der Waals surface area contributed by atoms with Crippen LogP contribution in [-0.2, 0) is 0 Å². The molecule has 0 spiro atoms. The molecule has 0 heterocycles. The minimum absolute atomic E-state index is 0.0519. The average molecular weight is 578 g/mol. The number of thiocarbonyl (C=S) groups is 1. The Kier molecular flexibility index (Phi) is 8.45. The molecule has 0 aromatic heterocycles. The molecule has 2 amide bonds. The lowest BCUT2D eigenvalue weighted by molar-refractivity contribution is 0.0933. The van der Waals surface area contributed by atoms with Gasteiger partial charge in [0.05, 0.1) is 22.9 Å². The van der Waals surface area contributed by atoms with Crippen LogP contribution in [0, 0.1) is 3.57 Å².